The second-order valence-corrected chi connectivity index (χ2v) is 3.91. The van der Waals surface area contributed by atoms with Crippen LogP contribution in [0.5, 0.6) is 0 Å². The zero-order valence-electron chi connectivity index (χ0n) is 9.94. The molecule has 1 heterocycles. The molecule has 0 amide bonds. The topological polar surface area (TPSA) is 101 Å². The molecule has 18 heavy (non-hydrogen) atoms. The Kier molecular flexibility index (Phi) is 3.02. The summed E-state index contributed by atoms with van der Waals surface area (Å²) in [6.45, 7) is 1.88. The van der Waals surface area contributed by atoms with Gasteiger partial charge in [0.2, 0.25) is 0 Å². The van der Waals surface area contributed by atoms with Crippen molar-refractivity contribution in [1.82, 2.24) is 4.98 Å². The van der Waals surface area contributed by atoms with Gasteiger partial charge in [0.05, 0.1) is 16.9 Å². The van der Waals surface area contributed by atoms with Crippen molar-refractivity contribution in [1.29, 1.82) is 5.26 Å². The van der Waals surface area contributed by atoms with Gasteiger partial charge in [0, 0.05) is 0 Å². The van der Waals surface area contributed by atoms with E-state index < -0.39 is 0 Å². The molecule has 0 bridgehead atoms. The van der Waals surface area contributed by atoms with Gasteiger partial charge < -0.3 is 16.8 Å². The Balaban J connectivity index is 2.37. The van der Waals surface area contributed by atoms with Crippen LogP contribution in [-0.2, 0) is 0 Å². The number of nitriles is 1. The van der Waals surface area contributed by atoms with E-state index in [9.17, 15) is 0 Å². The maximum Gasteiger partial charge on any atom is 0.149 e. The lowest BCUT2D eigenvalue weighted by Gasteiger charge is -2.10. The normalized spacial score (nSPS) is 9.78. The van der Waals surface area contributed by atoms with Gasteiger partial charge in [-0.2, -0.15) is 5.26 Å². The lowest BCUT2D eigenvalue weighted by molar-refractivity contribution is 1.30. The molecule has 5 N–H and O–H groups in total. The summed E-state index contributed by atoms with van der Waals surface area (Å²) in [5, 5.41) is 12.2. The van der Waals surface area contributed by atoms with E-state index in [0.29, 0.717) is 22.8 Å². The molecule has 0 spiro atoms. The molecule has 0 aliphatic heterocycles. The summed E-state index contributed by atoms with van der Waals surface area (Å²) < 4.78 is 0. The maximum absolute atomic E-state index is 9.12. The van der Waals surface area contributed by atoms with Crippen LogP contribution in [0.4, 0.5) is 23.0 Å². The van der Waals surface area contributed by atoms with Crippen molar-refractivity contribution in [3.05, 3.63) is 41.5 Å². The average molecular weight is 239 g/mol. The predicted octanol–water partition coefficient (Wildman–Crippen LogP) is 2.17. The number of nitrogens with zero attached hydrogens (tertiary/aromatic N) is 2. The Labute approximate surface area is 105 Å². The number of rotatable bonds is 2. The zero-order chi connectivity index (χ0) is 13.1. The molecule has 0 radical (unpaired) electrons. The first-order valence-electron chi connectivity index (χ1n) is 5.40. The van der Waals surface area contributed by atoms with E-state index in [1.165, 1.54) is 0 Å². The van der Waals surface area contributed by atoms with Crippen LogP contribution in [0.15, 0.2) is 30.3 Å². The smallest absolute Gasteiger partial charge is 0.149 e. The fraction of sp³-hybridized carbons (Fsp3) is 0.0769. The summed E-state index contributed by atoms with van der Waals surface area (Å²) in [6, 6.07) is 11.1. The second-order valence-electron chi connectivity index (χ2n) is 3.91. The standard InChI is InChI=1S/C13H13N5/c1-8-3-2-4-11(9(8)7-14)17-12-6-5-10(15)13(16)18-12/h2-6H,15H2,1H3,(H3,16,17,18). The first-order valence-corrected chi connectivity index (χ1v) is 5.40. The molecule has 0 saturated heterocycles. The van der Waals surface area contributed by atoms with Crippen LogP contribution >= 0.6 is 0 Å². The van der Waals surface area contributed by atoms with Crippen LogP contribution in [0.25, 0.3) is 0 Å². The molecular formula is C13H13N5. The van der Waals surface area contributed by atoms with Crippen LogP contribution < -0.4 is 16.8 Å². The summed E-state index contributed by atoms with van der Waals surface area (Å²) >= 11 is 0. The Morgan fingerprint density at radius 1 is 1.22 bits per heavy atom. The van der Waals surface area contributed by atoms with Crippen LogP contribution in [0, 0.1) is 18.3 Å². The van der Waals surface area contributed by atoms with E-state index in [2.05, 4.69) is 16.4 Å². The summed E-state index contributed by atoms with van der Waals surface area (Å²) in [5.41, 5.74) is 13.9. The number of nitrogen functional groups attached to an aromatic ring is 2. The Morgan fingerprint density at radius 3 is 2.67 bits per heavy atom. The van der Waals surface area contributed by atoms with Crippen molar-refractivity contribution in [2.75, 3.05) is 16.8 Å². The third-order valence-corrected chi connectivity index (χ3v) is 2.60. The predicted molar refractivity (Wildman–Crippen MR) is 72.2 cm³/mol. The molecule has 2 aromatic rings. The largest absolute Gasteiger partial charge is 0.396 e. The molecule has 90 valence electrons. The number of hydrogen-bond acceptors (Lipinski definition) is 5. The van der Waals surface area contributed by atoms with Crippen molar-refractivity contribution < 1.29 is 0 Å². The molecule has 1 aromatic carbocycles. The number of aryl methyl sites for hydroxylation is 1. The lowest BCUT2D eigenvalue weighted by atomic mass is 10.1. The van der Waals surface area contributed by atoms with Crippen molar-refractivity contribution in [3.8, 4) is 6.07 Å². The number of nitrogens with one attached hydrogen (secondary N) is 1. The average Bonchev–Trinajstić information content (AvgIpc) is 2.34. The van der Waals surface area contributed by atoms with E-state index in [0.717, 1.165) is 5.56 Å². The van der Waals surface area contributed by atoms with Crippen LogP contribution in [0.3, 0.4) is 0 Å². The lowest BCUT2D eigenvalue weighted by Crippen LogP contribution is -2.02. The summed E-state index contributed by atoms with van der Waals surface area (Å²) in [6.07, 6.45) is 0. The van der Waals surface area contributed by atoms with E-state index in [1.807, 2.05) is 25.1 Å². The van der Waals surface area contributed by atoms with Gasteiger partial charge in [-0.1, -0.05) is 12.1 Å². The summed E-state index contributed by atoms with van der Waals surface area (Å²) in [7, 11) is 0. The molecule has 5 nitrogen and oxygen atoms in total. The number of benzene rings is 1. The number of anilines is 4. The van der Waals surface area contributed by atoms with E-state index in [1.54, 1.807) is 12.1 Å². The van der Waals surface area contributed by atoms with Crippen LogP contribution in [-0.4, -0.2) is 4.98 Å². The highest BCUT2D eigenvalue weighted by atomic mass is 15.0. The van der Waals surface area contributed by atoms with Gasteiger partial charge in [-0.05, 0) is 30.7 Å². The fourth-order valence-corrected chi connectivity index (χ4v) is 1.61. The summed E-state index contributed by atoms with van der Waals surface area (Å²) in [5.74, 6) is 0.829. The molecule has 1 aromatic heterocycles. The Bertz CT molecular complexity index is 628. The zero-order valence-corrected chi connectivity index (χ0v) is 9.94. The quantitative estimate of drug-likeness (QED) is 0.745. The molecular weight excluding hydrogens is 226 g/mol. The fourth-order valence-electron chi connectivity index (χ4n) is 1.61. The minimum atomic E-state index is 0.270. The molecule has 0 fully saturated rings. The Hall–Kier alpha value is -2.74. The third-order valence-electron chi connectivity index (χ3n) is 2.60. The highest BCUT2D eigenvalue weighted by Crippen LogP contribution is 2.23. The second kappa shape index (κ2) is 4.63. The van der Waals surface area contributed by atoms with Gasteiger partial charge >= 0.3 is 0 Å². The molecule has 0 aliphatic carbocycles. The first kappa shape index (κ1) is 11.7. The van der Waals surface area contributed by atoms with Crippen LogP contribution in [0.2, 0.25) is 0 Å². The highest BCUT2D eigenvalue weighted by Gasteiger charge is 2.06. The third kappa shape index (κ3) is 2.18. The van der Waals surface area contributed by atoms with Gasteiger partial charge in [0.15, 0.2) is 0 Å². The number of pyridine rings is 1. The highest BCUT2D eigenvalue weighted by molar-refractivity contribution is 5.69. The van der Waals surface area contributed by atoms with Gasteiger partial charge in [-0.25, -0.2) is 4.98 Å². The van der Waals surface area contributed by atoms with Crippen molar-refractivity contribution in [2.45, 2.75) is 6.92 Å². The van der Waals surface area contributed by atoms with Gasteiger partial charge in [-0.15, -0.1) is 0 Å². The van der Waals surface area contributed by atoms with E-state index >= 15 is 0 Å². The molecule has 0 saturated carbocycles. The van der Waals surface area contributed by atoms with Gasteiger partial charge in [-0.3, -0.25) is 0 Å². The number of aromatic nitrogens is 1. The van der Waals surface area contributed by atoms with Crippen LogP contribution in [0.1, 0.15) is 11.1 Å². The first-order chi connectivity index (χ1) is 8.61. The molecule has 0 aliphatic rings. The molecule has 0 unspecified atom stereocenters. The summed E-state index contributed by atoms with van der Waals surface area (Å²) in [4.78, 5) is 4.11. The van der Waals surface area contributed by atoms with Crippen molar-refractivity contribution in [3.63, 3.8) is 0 Å². The molecule has 0 atom stereocenters. The Morgan fingerprint density at radius 2 is 2.00 bits per heavy atom. The maximum atomic E-state index is 9.12. The monoisotopic (exact) mass is 239 g/mol. The number of hydrogen-bond donors (Lipinski definition) is 3. The SMILES string of the molecule is Cc1cccc(Nc2ccc(N)c(N)n2)c1C#N. The van der Waals surface area contributed by atoms with Crippen molar-refractivity contribution in [2.24, 2.45) is 0 Å². The van der Waals surface area contributed by atoms with E-state index in [-0.39, 0.29) is 5.82 Å². The van der Waals surface area contributed by atoms with Gasteiger partial charge in [0.1, 0.15) is 17.7 Å². The number of nitrogens with two attached hydrogens (primary N) is 2. The molecule has 5 heteroatoms. The van der Waals surface area contributed by atoms with Gasteiger partial charge in [0.25, 0.3) is 0 Å². The minimum Gasteiger partial charge on any atom is -0.396 e. The molecule has 2 rings (SSSR count). The minimum absolute atomic E-state index is 0.270. The van der Waals surface area contributed by atoms with E-state index in [4.69, 9.17) is 16.7 Å². The van der Waals surface area contributed by atoms with Crippen molar-refractivity contribution >= 4 is 23.0 Å².